The summed E-state index contributed by atoms with van der Waals surface area (Å²) in [4.78, 5) is 30.3. The van der Waals surface area contributed by atoms with E-state index in [9.17, 15) is 40.3 Å². The third kappa shape index (κ3) is 7.44. The average molecular weight is 606 g/mol. The summed E-state index contributed by atoms with van der Waals surface area (Å²) in [6.07, 6.45) is -10.8. The third-order valence-corrected chi connectivity index (χ3v) is 7.32. The van der Waals surface area contributed by atoms with E-state index < -0.39 is 60.1 Å². The van der Waals surface area contributed by atoms with Crippen LogP contribution in [-0.4, -0.2) is 72.8 Å². The Morgan fingerprint density at radius 3 is 2.17 bits per heavy atom. The van der Waals surface area contributed by atoms with E-state index in [1.807, 2.05) is 0 Å². The molecule has 3 amide bonds. The van der Waals surface area contributed by atoms with Crippen LogP contribution < -0.4 is 0 Å². The van der Waals surface area contributed by atoms with E-state index in [4.69, 9.17) is 9.47 Å². The lowest BCUT2D eigenvalue weighted by atomic mass is 9.90. The predicted molar refractivity (Wildman–Crippen MR) is 136 cm³/mol. The van der Waals surface area contributed by atoms with Crippen LogP contribution in [-0.2, 0) is 28.4 Å². The maximum Gasteiger partial charge on any atom is 0.416 e. The number of benzene rings is 2. The molecule has 2 saturated heterocycles. The molecule has 7 nitrogen and oxygen atoms in total. The lowest BCUT2D eigenvalue weighted by Crippen LogP contribution is -2.49. The van der Waals surface area contributed by atoms with Crippen LogP contribution in [0.15, 0.2) is 36.4 Å². The zero-order valence-electron chi connectivity index (χ0n) is 22.9. The highest BCUT2D eigenvalue weighted by atomic mass is 19.4. The number of rotatable bonds is 4. The topological polar surface area (TPSA) is 62.3 Å². The maximum absolute atomic E-state index is 13.9. The van der Waals surface area contributed by atoms with Gasteiger partial charge in [0.25, 0.3) is 0 Å². The van der Waals surface area contributed by atoms with Crippen molar-refractivity contribution >= 4 is 12.1 Å². The molecule has 2 heterocycles. The van der Waals surface area contributed by atoms with Gasteiger partial charge in [-0.2, -0.15) is 26.3 Å². The van der Waals surface area contributed by atoms with Crippen molar-refractivity contribution in [2.45, 2.75) is 50.8 Å². The molecule has 42 heavy (non-hydrogen) atoms. The molecule has 2 aromatic rings. The minimum absolute atomic E-state index is 0.0294. The van der Waals surface area contributed by atoms with Gasteiger partial charge in [-0.1, -0.05) is 6.07 Å². The number of hydrogen-bond acceptors (Lipinski definition) is 4. The molecule has 2 unspecified atom stereocenters. The second kappa shape index (κ2) is 12.4. The molecule has 230 valence electrons. The summed E-state index contributed by atoms with van der Waals surface area (Å²) in [6, 6.07) is 3.84. The van der Waals surface area contributed by atoms with Crippen molar-refractivity contribution in [3.8, 4) is 0 Å². The van der Waals surface area contributed by atoms with Gasteiger partial charge in [0, 0.05) is 46.1 Å². The largest absolute Gasteiger partial charge is 0.446 e. The Hall–Kier alpha value is -3.55. The molecule has 2 aromatic carbocycles. The second-order valence-electron chi connectivity index (χ2n) is 10.4. The van der Waals surface area contributed by atoms with E-state index in [0.29, 0.717) is 49.6 Å². The van der Waals surface area contributed by atoms with Crippen LogP contribution in [0.1, 0.15) is 46.7 Å². The first-order valence-electron chi connectivity index (χ1n) is 13.2. The highest BCUT2D eigenvalue weighted by Crippen LogP contribution is 2.38. The number of aryl methyl sites for hydroxylation is 1. The Kier molecular flexibility index (Phi) is 9.24. The highest BCUT2D eigenvalue weighted by Gasteiger charge is 2.39. The van der Waals surface area contributed by atoms with Crippen molar-refractivity contribution in [3.05, 3.63) is 70.0 Å². The fraction of sp³-hybridized carbons (Fsp3) is 0.500. The molecule has 0 spiro atoms. The van der Waals surface area contributed by atoms with Crippen LogP contribution in [0.5, 0.6) is 0 Å². The third-order valence-electron chi connectivity index (χ3n) is 7.32. The Balaban J connectivity index is 1.57. The van der Waals surface area contributed by atoms with Crippen molar-refractivity contribution < 1.29 is 49.8 Å². The minimum atomic E-state index is -5.02. The summed E-state index contributed by atoms with van der Waals surface area (Å²) < 4.78 is 105. The van der Waals surface area contributed by atoms with E-state index in [1.54, 1.807) is 6.92 Å². The van der Waals surface area contributed by atoms with Gasteiger partial charge in [0.05, 0.1) is 30.4 Å². The van der Waals surface area contributed by atoms with Crippen molar-refractivity contribution in [3.63, 3.8) is 0 Å². The van der Waals surface area contributed by atoms with Crippen LogP contribution in [0.2, 0.25) is 0 Å². The number of morpholine rings is 1. The number of urea groups is 1. The van der Waals surface area contributed by atoms with Crippen molar-refractivity contribution in [1.29, 1.82) is 0 Å². The smallest absolute Gasteiger partial charge is 0.416 e. The Labute approximate surface area is 237 Å². The summed E-state index contributed by atoms with van der Waals surface area (Å²) in [6.45, 7) is 2.68. The molecule has 0 aromatic heterocycles. The van der Waals surface area contributed by atoms with Crippen LogP contribution >= 0.6 is 0 Å². The van der Waals surface area contributed by atoms with Gasteiger partial charge in [-0.3, -0.25) is 0 Å². The molecule has 2 aliphatic heterocycles. The quantitative estimate of drug-likeness (QED) is 0.379. The fourth-order valence-corrected chi connectivity index (χ4v) is 5.21. The fourth-order valence-electron chi connectivity index (χ4n) is 5.21. The zero-order valence-corrected chi connectivity index (χ0v) is 22.9. The molecule has 2 atom stereocenters. The monoisotopic (exact) mass is 605 g/mol. The number of hydrogen-bond donors (Lipinski definition) is 0. The first kappa shape index (κ1) is 31.4. The maximum atomic E-state index is 13.9. The summed E-state index contributed by atoms with van der Waals surface area (Å²) in [7, 11) is 1.27. The standard InChI is InChI=1S/C28H30F7N3O4/c1-17-11-21(29)3-4-23(17)24-15-22(42-26(40)37-7-9-41-10-8-37)5-6-38(24)25(39)36(2)16-18-12-19(27(30,31)32)14-20(13-18)28(33,34)35/h3-4,11-14,22,24H,5-10,15-16H2,1-2H3. The molecule has 0 bridgehead atoms. The van der Waals surface area contributed by atoms with Gasteiger partial charge >= 0.3 is 24.5 Å². The van der Waals surface area contributed by atoms with Gasteiger partial charge in [0.15, 0.2) is 0 Å². The average Bonchev–Trinajstić information content (AvgIpc) is 2.92. The van der Waals surface area contributed by atoms with E-state index in [2.05, 4.69) is 0 Å². The van der Waals surface area contributed by atoms with E-state index in [-0.39, 0.29) is 31.0 Å². The molecule has 0 N–H and O–H groups in total. The number of nitrogens with zero attached hydrogens (tertiary/aromatic N) is 3. The number of amides is 3. The van der Waals surface area contributed by atoms with Gasteiger partial charge in [-0.25, -0.2) is 14.0 Å². The molecule has 2 fully saturated rings. The number of carbonyl (C=O) groups excluding carboxylic acids is 2. The molecule has 0 saturated carbocycles. The summed E-state index contributed by atoms with van der Waals surface area (Å²) in [5.41, 5.74) is -2.21. The van der Waals surface area contributed by atoms with Gasteiger partial charge < -0.3 is 24.2 Å². The number of likely N-dealkylation sites (tertiary alicyclic amines) is 1. The molecule has 0 aliphatic carbocycles. The van der Waals surface area contributed by atoms with Crippen LogP contribution in [0.25, 0.3) is 0 Å². The number of alkyl halides is 6. The SMILES string of the molecule is Cc1cc(F)ccc1C1CC(OC(=O)N2CCOCC2)CCN1C(=O)N(C)Cc1cc(C(F)(F)F)cc(C(F)(F)F)c1. The second-order valence-corrected chi connectivity index (χ2v) is 10.4. The van der Waals surface area contributed by atoms with Gasteiger partial charge in [0.1, 0.15) is 11.9 Å². The molecular weight excluding hydrogens is 575 g/mol. The molecular formula is C28H30F7N3O4. The molecule has 14 heteroatoms. The molecule has 2 aliphatic rings. The van der Waals surface area contributed by atoms with Crippen LogP contribution in [0.3, 0.4) is 0 Å². The van der Waals surface area contributed by atoms with Crippen molar-refractivity contribution in [1.82, 2.24) is 14.7 Å². The van der Waals surface area contributed by atoms with E-state index >= 15 is 0 Å². The molecule has 4 rings (SSSR count). The first-order chi connectivity index (χ1) is 19.6. The van der Waals surface area contributed by atoms with Gasteiger partial charge in [-0.05, 0) is 53.9 Å². The minimum Gasteiger partial charge on any atom is -0.446 e. The summed E-state index contributed by atoms with van der Waals surface area (Å²) in [5.74, 6) is -0.498. The van der Waals surface area contributed by atoms with Crippen LogP contribution in [0.4, 0.5) is 40.3 Å². The lowest BCUT2D eigenvalue weighted by molar-refractivity contribution is -0.143. The highest BCUT2D eigenvalue weighted by molar-refractivity contribution is 5.75. The predicted octanol–water partition coefficient (Wildman–Crippen LogP) is 6.40. The van der Waals surface area contributed by atoms with Gasteiger partial charge in [-0.15, -0.1) is 0 Å². The van der Waals surface area contributed by atoms with Crippen LogP contribution in [0, 0.1) is 12.7 Å². The Bertz CT molecular complexity index is 1260. The van der Waals surface area contributed by atoms with Crippen molar-refractivity contribution in [2.24, 2.45) is 0 Å². The Morgan fingerprint density at radius 1 is 0.976 bits per heavy atom. The van der Waals surface area contributed by atoms with Gasteiger partial charge in [0.2, 0.25) is 0 Å². The lowest BCUT2D eigenvalue weighted by Gasteiger charge is -2.42. The van der Waals surface area contributed by atoms with E-state index in [1.165, 1.54) is 35.0 Å². The normalized spacial score (nSPS) is 19.9. The number of ether oxygens (including phenoxy) is 2. The summed E-state index contributed by atoms with van der Waals surface area (Å²) in [5, 5.41) is 0. The molecule has 0 radical (unpaired) electrons. The Morgan fingerprint density at radius 2 is 1.60 bits per heavy atom. The van der Waals surface area contributed by atoms with E-state index in [0.717, 1.165) is 4.90 Å². The van der Waals surface area contributed by atoms with Crippen molar-refractivity contribution in [2.75, 3.05) is 39.9 Å². The first-order valence-corrected chi connectivity index (χ1v) is 13.2. The summed E-state index contributed by atoms with van der Waals surface area (Å²) >= 11 is 0. The number of piperidine rings is 1. The number of carbonyl (C=O) groups is 2. The number of halogens is 7. The zero-order chi connectivity index (χ0) is 30.8.